The van der Waals surface area contributed by atoms with Gasteiger partial charge in [-0.05, 0) is 37.5 Å². The summed E-state index contributed by atoms with van der Waals surface area (Å²) in [6.07, 6.45) is 3.03. The van der Waals surface area contributed by atoms with Gasteiger partial charge in [0.1, 0.15) is 11.9 Å². The molecule has 104 valence electrons. The summed E-state index contributed by atoms with van der Waals surface area (Å²) in [6.45, 7) is 1.49. The molecule has 0 spiro atoms. The highest BCUT2D eigenvalue weighted by molar-refractivity contribution is 5.81. The van der Waals surface area contributed by atoms with E-state index in [2.05, 4.69) is 5.32 Å². The molecule has 1 aliphatic rings. The highest BCUT2D eigenvalue weighted by atomic mass is 16.5. The summed E-state index contributed by atoms with van der Waals surface area (Å²) in [5.74, 6) is 0.497. The number of hydrogen-bond acceptors (Lipinski definition) is 3. The fourth-order valence-electron chi connectivity index (χ4n) is 2.71. The summed E-state index contributed by atoms with van der Waals surface area (Å²) in [5.41, 5.74) is 0.750. The minimum atomic E-state index is -0.976. The van der Waals surface area contributed by atoms with Crippen molar-refractivity contribution in [3.8, 4) is 5.75 Å². The third-order valence-corrected chi connectivity index (χ3v) is 3.84. The number of amides is 1. The van der Waals surface area contributed by atoms with Crippen molar-refractivity contribution in [2.45, 2.75) is 44.2 Å². The van der Waals surface area contributed by atoms with Crippen LogP contribution in [0.5, 0.6) is 5.75 Å². The molecule has 2 N–H and O–H groups in total. The SMILES string of the molecule is COc1ccc(C2(NC(=O)C(C)O)CCCC2)cc1. The number of aliphatic hydroxyl groups excluding tert-OH is 1. The van der Waals surface area contributed by atoms with Gasteiger partial charge in [0.2, 0.25) is 5.91 Å². The molecule has 1 amide bonds. The first-order valence-electron chi connectivity index (χ1n) is 6.72. The molecule has 1 atom stereocenters. The third kappa shape index (κ3) is 2.89. The van der Waals surface area contributed by atoms with Gasteiger partial charge < -0.3 is 15.2 Å². The number of carbonyl (C=O) groups is 1. The number of nitrogens with one attached hydrogen (secondary N) is 1. The first-order chi connectivity index (χ1) is 9.07. The second kappa shape index (κ2) is 5.61. The largest absolute Gasteiger partial charge is 0.497 e. The predicted molar refractivity (Wildman–Crippen MR) is 73.0 cm³/mol. The molecular formula is C15H21NO3. The smallest absolute Gasteiger partial charge is 0.249 e. The molecule has 2 rings (SSSR count). The van der Waals surface area contributed by atoms with E-state index in [0.29, 0.717) is 0 Å². The van der Waals surface area contributed by atoms with Gasteiger partial charge in [-0.1, -0.05) is 25.0 Å². The molecule has 1 aromatic rings. The van der Waals surface area contributed by atoms with E-state index < -0.39 is 6.10 Å². The van der Waals surface area contributed by atoms with Crippen LogP contribution < -0.4 is 10.1 Å². The molecule has 0 heterocycles. The van der Waals surface area contributed by atoms with Crippen LogP contribution in [0.2, 0.25) is 0 Å². The van der Waals surface area contributed by atoms with Crippen LogP contribution in [0.1, 0.15) is 38.2 Å². The Morgan fingerprint density at radius 2 is 1.89 bits per heavy atom. The Hall–Kier alpha value is -1.55. The zero-order valence-electron chi connectivity index (χ0n) is 11.5. The van der Waals surface area contributed by atoms with Crippen LogP contribution in [0.3, 0.4) is 0 Å². The molecule has 0 aliphatic heterocycles. The summed E-state index contributed by atoms with van der Waals surface area (Å²) in [5, 5.41) is 12.4. The van der Waals surface area contributed by atoms with E-state index in [4.69, 9.17) is 4.74 Å². The summed E-state index contributed by atoms with van der Waals surface area (Å²) in [7, 11) is 1.63. The highest BCUT2D eigenvalue weighted by Gasteiger charge is 2.37. The molecule has 0 bridgehead atoms. The minimum Gasteiger partial charge on any atom is -0.497 e. The van der Waals surface area contributed by atoms with Gasteiger partial charge in [0, 0.05) is 0 Å². The Bertz CT molecular complexity index is 433. The Labute approximate surface area is 113 Å². The molecule has 19 heavy (non-hydrogen) atoms. The van der Waals surface area contributed by atoms with E-state index in [9.17, 15) is 9.90 Å². The monoisotopic (exact) mass is 263 g/mol. The zero-order valence-corrected chi connectivity index (χ0v) is 11.5. The van der Waals surface area contributed by atoms with Gasteiger partial charge in [-0.15, -0.1) is 0 Å². The average Bonchev–Trinajstić information content (AvgIpc) is 2.88. The molecule has 1 saturated carbocycles. The lowest BCUT2D eigenvalue weighted by molar-refractivity contribution is -0.130. The normalized spacial score (nSPS) is 18.9. The second-order valence-electron chi connectivity index (χ2n) is 5.18. The van der Waals surface area contributed by atoms with Crippen molar-refractivity contribution >= 4 is 5.91 Å². The molecule has 1 unspecified atom stereocenters. The van der Waals surface area contributed by atoms with Gasteiger partial charge in [-0.2, -0.15) is 0 Å². The lowest BCUT2D eigenvalue weighted by Crippen LogP contribution is -2.47. The van der Waals surface area contributed by atoms with E-state index in [1.54, 1.807) is 7.11 Å². The van der Waals surface area contributed by atoms with Gasteiger partial charge in [-0.25, -0.2) is 0 Å². The van der Waals surface area contributed by atoms with Gasteiger partial charge in [0.15, 0.2) is 0 Å². The molecular weight excluding hydrogens is 242 g/mol. The number of carbonyl (C=O) groups excluding carboxylic acids is 1. The van der Waals surface area contributed by atoms with E-state index in [1.807, 2.05) is 24.3 Å². The molecule has 1 aromatic carbocycles. The average molecular weight is 263 g/mol. The standard InChI is InChI=1S/C15H21NO3/c1-11(17)14(18)16-15(9-3-4-10-15)12-5-7-13(19-2)8-6-12/h5-8,11,17H,3-4,9-10H2,1-2H3,(H,16,18). The Morgan fingerprint density at radius 1 is 1.32 bits per heavy atom. The Kier molecular flexibility index (Phi) is 4.10. The fraction of sp³-hybridized carbons (Fsp3) is 0.533. The van der Waals surface area contributed by atoms with Crippen molar-refractivity contribution in [3.63, 3.8) is 0 Å². The van der Waals surface area contributed by atoms with E-state index >= 15 is 0 Å². The first kappa shape index (κ1) is 13.9. The molecule has 0 saturated heterocycles. The van der Waals surface area contributed by atoms with Crippen molar-refractivity contribution in [1.29, 1.82) is 0 Å². The summed E-state index contributed by atoms with van der Waals surface area (Å²) in [6, 6.07) is 7.80. The van der Waals surface area contributed by atoms with Gasteiger partial charge in [0.25, 0.3) is 0 Å². The summed E-state index contributed by atoms with van der Waals surface area (Å²) >= 11 is 0. The highest BCUT2D eigenvalue weighted by Crippen LogP contribution is 2.39. The number of aliphatic hydroxyl groups is 1. The molecule has 0 radical (unpaired) electrons. The van der Waals surface area contributed by atoms with Crippen LogP contribution in [0.15, 0.2) is 24.3 Å². The fourth-order valence-corrected chi connectivity index (χ4v) is 2.71. The molecule has 0 aromatic heterocycles. The Balaban J connectivity index is 2.25. The maximum absolute atomic E-state index is 11.8. The van der Waals surface area contributed by atoms with Crippen molar-refractivity contribution in [2.75, 3.05) is 7.11 Å². The maximum Gasteiger partial charge on any atom is 0.249 e. The topological polar surface area (TPSA) is 58.6 Å². The van der Waals surface area contributed by atoms with Crippen molar-refractivity contribution < 1.29 is 14.6 Å². The van der Waals surface area contributed by atoms with Gasteiger partial charge >= 0.3 is 0 Å². The van der Waals surface area contributed by atoms with Crippen LogP contribution in [0.4, 0.5) is 0 Å². The van der Waals surface area contributed by atoms with Crippen molar-refractivity contribution in [1.82, 2.24) is 5.32 Å². The van der Waals surface area contributed by atoms with Gasteiger partial charge in [-0.3, -0.25) is 4.79 Å². The van der Waals surface area contributed by atoms with Crippen LogP contribution in [-0.2, 0) is 10.3 Å². The molecule has 4 nitrogen and oxygen atoms in total. The summed E-state index contributed by atoms with van der Waals surface area (Å²) < 4.78 is 5.16. The van der Waals surface area contributed by atoms with E-state index in [-0.39, 0.29) is 11.4 Å². The Morgan fingerprint density at radius 3 is 2.37 bits per heavy atom. The summed E-state index contributed by atoms with van der Waals surface area (Å²) in [4.78, 5) is 11.8. The number of rotatable bonds is 4. The quantitative estimate of drug-likeness (QED) is 0.873. The van der Waals surface area contributed by atoms with Crippen molar-refractivity contribution in [2.24, 2.45) is 0 Å². The van der Waals surface area contributed by atoms with Crippen LogP contribution in [-0.4, -0.2) is 24.2 Å². The van der Waals surface area contributed by atoms with Crippen LogP contribution in [0, 0.1) is 0 Å². The van der Waals surface area contributed by atoms with E-state index in [1.165, 1.54) is 6.92 Å². The second-order valence-corrected chi connectivity index (χ2v) is 5.18. The molecule has 1 fully saturated rings. The number of methoxy groups -OCH3 is 1. The predicted octanol–water partition coefficient (Wildman–Crippen LogP) is 1.96. The zero-order chi connectivity index (χ0) is 13.9. The van der Waals surface area contributed by atoms with Crippen molar-refractivity contribution in [3.05, 3.63) is 29.8 Å². The third-order valence-electron chi connectivity index (χ3n) is 3.84. The maximum atomic E-state index is 11.8. The molecule has 4 heteroatoms. The lowest BCUT2D eigenvalue weighted by atomic mass is 9.88. The molecule has 1 aliphatic carbocycles. The number of hydrogen-bond donors (Lipinski definition) is 2. The first-order valence-corrected chi connectivity index (χ1v) is 6.72. The lowest BCUT2D eigenvalue weighted by Gasteiger charge is -2.31. The van der Waals surface area contributed by atoms with Gasteiger partial charge in [0.05, 0.1) is 12.6 Å². The van der Waals surface area contributed by atoms with Crippen LogP contribution >= 0.6 is 0 Å². The number of ether oxygens (including phenoxy) is 1. The minimum absolute atomic E-state index is 0.308. The van der Waals surface area contributed by atoms with Crippen LogP contribution in [0.25, 0.3) is 0 Å². The van der Waals surface area contributed by atoms with E-state index in [0.717, 1.165) is 37.0 Å². The number of benzene rings is 1.